The molecule has 2 aromatic carbocycles. The lowest BCUT2D eigenvalue weighted by atomic mass is 10.1. The fourth-order valence-corrected chi connectivity index (χ4v) is 2.40. The molecule has 1 aliphatic rings. The van der Waals surface area contributed by atoms with Gasteiger partial charge >= 0.3 is 0 Å². The molecule has 0 radical (unpaired) electrons. The van der Waals surface area contributed by atoms with Crippen molar-refractivity contribution in [3.05, 3.63) is 65.5 Å². The van der Waals surface area contributed by atoms with E-state index < -0.39 is 5.82 Å². The normalized spacial score (nSPS) is 14.0. The summed E-state index contributed by atoms with van der Waals surface area (Å²) in [5, 5.41) is 0. The van der Waals surface area contributed by atoms with Crippen molar-refractivity contribution in [1.82, 2.24) is 4.90 Å². The number of nitrogen functional groups attached to an aromatic ring is 1. The van der Waals surface area contributed by atoms with Gasteiger partial charge in [-0.25, -0.2) is 4.39 Å². The van der Waals surface area contributed by atoms with Gasteiger partial charge < -0.3 is 10.6 Å². The minimum atomic E-state index is -0.442. The van der Waals surface area contributed by atoms with Crippen LogP contribution in [0.2, 0.25) is 0 Å². The van der Waals surface area contributed by atoms with Crippen LogP contribution in [0.3, 0.4) is 0 Å². The van der Waals surface area contributed by atoms with Crippen LogP contribution in [-0.4, -0.2) is 16.8 Å². The van der Waals surface area contributed by atoms with Crippen LogP contribution in [-0.2, 0) is 6.54 Å². The summed E-state index contributed by atoms with van der Waals surface area (Å²) in [5.41, 5.74) is 7.46. The van der Waals surface area contributed by atoms with E-state index in [4.69, 9.17) is 5.73 Å². The number of anilines is 1. The average molecular weight is 284 g/mol. The third-order valence-corrected chi connectivity index (χ3v) is 3.69. The Labute approximate surface area is 123 Å². The minimum absolute atomic E-state index is 0.196. The number of nitrogens with zero attached hydrogens (tertiary/aromatic N) is 1. The van der Waals surface area contributed by atoms with Crippen molar-refractivity contribution in [3.8, 4) is 0 Å². The van der Waals surface area contributed by atoms with Crippen molar-refractivity contribution in [1.29, 1.82) is 0 Å². The molecule has 1 aliphatic carbocycles. The summed E-state index contributed by atoms with van der Waals surface area (Å²) < 4.78 is 13.4. The van der Waals surface area contributed by atoms with Gasteiger partial charge in [0.2, 0.25) is 0 Å². The van der Waals surface area contributed by atoms with Gasteiger partial charge in [-0.15, -0.1) is 0 Å². The van der Waals surface area contributed by atoms with E-state index in [1.807, 2.05) is 30.3 Å². The van der Waals surface area contributed by atoms with Crippen molar-refractivity contribution in [2.75, 3.05) is 5.73 Å². The summed E-state index contributed by atoms with van der Waals surface area (Å²) in [6, 6.07) is 14.0. The van der Waals surface area contributed by atoms with Crippen molar-refractivity contribution < 1.29 is 9.18 Å². The Morgan fingerprint density at radius 1 is 1.19 bits per heavy atom. The fraction of sp³-hybridized carbons (Fsp3) is 0.235. The van der Waals surface area contributed by atoms with Crippen LogP contribution in [0.1, 0.15) is 28.8 Å². The van der Waals surface area contributed by atoms with Crippen molar-refractivity contribution in [3.63, 3.8) is 0 Å². The molecule has 4 heteroatoms. The quantitative estimate of drug-likeness (QED) is 0.876. The highest BCUT2D eigenvalue weighted by Gasteiger charge is 2.33. The monoisotopic (exact) mass is 284 g/mol. The third-order valence-electron chi connectivity index (χ3n) is 3.69. The van der Waals surface area contributed by atoms with Gasteiger partial charge in [0.15, 0.2) is 0 Å². The smallest absolute Gasteiger partial charge is 0.256 e. The number of amides is 1. The molecule has 2 N–H and O–H groups in total. The summed E-state index contributed by atoms with van der Waals surface area (Å²) in [5.74, 6) is -0.638. The van der Waals surface area contributed by atoms with Gasteiger partial charge in [-0.05, 0) is 36.6 Å². The molecule has 108 valence electrons. The molecule has 0 heterocycles. The van der Waals surface area contributed by atoms with E-state index in [9.17, 15) is 9.18 Å². The first kappa shape index (κ1) is 13.6. The number of rotatable bonds is 4. The molecule has 0 atom stereocenters. The van der Waals surface area contributed by atoms with E-state index in [0.717, 1.165) is 18.4 Å². The van der Waals surface area contributed by atoms with Crippen LogP contribution in [0.15, 0.2) is 48.5 Å². The maximum atomic E-state index is 13.4. The minimum Gasteiger partial charge on any atom is -0.398 e. The molecule has 1 amide bonds. The Hall–Kier alpha value is -2.36. The molecule has 0 spiro atoms. The first-order chi connectivity index (χ1) is 10.1. The highest BCUT2D eigenvalue weighted by molar-refractivity contribution is 5.99. The van der Waals surface area contributed by atoms with Crippen molar-refractivity contribution in [2.45, 2.75) is 25.4 Å². The zero-order valence-corrected chi connectivity index (χ0v) is 11.6. The zero-order valence-electron chi connectivity index (χ0n) is 11.6. The largest absolute Gasteiger partial charge is 0.398 e. The van der Waals surface area contributed by atoms with Crippen LogP contribution < -0.4 is 5.73 Å². The van der Waals surface area contributed by atoms with Crippen LogP contribution in [0, 0.1) is 5.82 Å². The van der Waals surface area contributed by atoms with Crippen molar-refractivity contribution >= 4 is 11.6 Å². The van der Waals surface area contributed by atoms with Crippen LogP contribution in [0.4, 0.5) is 10.1 Å². The van der Waals surface area contributed by atoms with Gasteiger partial charge in [0.25, 0.3) is 5.91 Å². The molecule has 0 unspecified atom stereocenters. The van der Waals surface area contributed by atoms with Crippen LogP contribution >= 0.6 is 0 Å². The molecule has 21 heavy (non-hydrogen) atoms. The summed E-state index contributed by atoms with van der Waals surface area (Å²) in [7, 11) is 0. The van der Waals surface area contributed by atoms with Crippen LogP contribution in [0.5, 0.6) is 0 Å². The summed E-state index contributed by atoms with van der Waals surface area (Å²) in [6.45, 7) is 0.528. The lowest BCUT2D eigenvalue weighted by Gasteiger charge is -2.23. The van der Waals surface area contributed by atoms with Gasteiger partial charge in [0.05, 0.1) is 5.56 Å². The molecular weight excluding hydrogens is 267 g/mol. The van der Waals surface area contributed by atoms with Gasteiger partial charge in [-0.3, -0.25) is 4.79 Å². The summed E-state index contributed by atoms with van der Waals surface area (Å²) in [6.07, 6.45) is 1.99. The number of hydrogen-bond donors (Lipinski definition) is 1. The predicted molar refractivity (Wildman–Crippen MR) is 80.1 cm³/mol. The van der Waals surface area contributed by atoms with E-state index in [1.165, 1.54) is 18.2 Å². The number of carbonyl (C=O) groups is 1. The molecule has 0 aromatic heterocycles. The van der Waals surface area contributed by atoms with Crippen LogP contribution in [0.25, 0.3) is 0 Å². The number of benzene rings is 2. The second-order valence-electron chi connectivity index (χ2n) is 5.38. The Balaban J connectivity index is 1.87. The molecule has 1 saturated carbocycles. The van der Waals surface area contributed by atoms with Gasteiger partial charge in [0.1, 0.15) is 5.82 Å². The first-order valence-corrected chi connectivity index (χ1v) is 7.05. The number of halogens is 1. The second kappa shape index (κ2) is 5.56. The Morgan fingerprint density at radius 3 is 2.57 bits per heavy atom. The summed E-state index contributed by atoms with van der Waals surface area (Å²) >= 11 is 0. The van der Waals surface area contributed by atoms with Gasteiger partial charge in [-0.2, -0.15) is 0 Å². The van der Waals surface area contributed by atoms with Crippen molar-refractivity contribution in [2.24, 2.45) is 0 Å². The molecule has 0 bridgehead atoms. The van der Waals surface area contributed by atoms with E-state index in [2.05, 4.69) is 0 Å². The van der Waals surface area contributed by atoms with E-state index in [-0.39, 0.29) is 17.5 Å². The van der Waals surface area contributed by atoms with E-state index in [1.54, 1.807) is 4.90 Å². The molecule has 2 aromatic rings. The highest BCUT2D eigenvalue weighted by atomic mass is 19.1. The topological polar surface area (TPSA) is 46.3 Å². The predicted octanol–water partition coefficient (Wildman–Crippen LogP) is 3.21. The molecular formula is C17H17FN2O. The molecule has 0 saturated heterocycles. The lowest BCUT2D eigenvalue weighted by molar-refractivity contribution is 0.0730. The number of hydrogen-bond acceptors (Lipinski definition) is 2. The molecule has 3 rings (SSSR count). The fourth-order valence-electron chi connectivity index (χ4n) is 2.40. The Morgan fingerprint density at radius 2 is 1.90 bits per heavy atom. The highest BCUT2D eigenvalue weighted by Crippen LogP contribution is 2.31. The van der Waals surface area contributed by atoms with E-state index in [0.29, 0.717) is 12.2 Å². The van der Waals surface area contributed by atoms with Gasteiger partial charge in [-0.1, -0.05) is 30.3 Å². The van der Waals surface area contributed by atoms with Gasteiger partial charge in [0, 0.05) is 18.3 Å². The lowest BCUT2D eigenvalue weighted by Crippen LogP contribution is -2.33. The standard InChI is InChI=1S/C17H17FN2O/c18-13-6-9-16(19)15(10-13)17(21)20(14-7-8-14)11-12-4-2-1-3-5-12/h1-6,9-10,14H,7-8,11,19H2. The number of carbonyl (C=O) groups excluding carboxylic acids is 1. The maximum absolute atomic E-state index is 13.4. The molecule has 1 fully saturated rings. The average Bonchev–Trinajstić information content (AvgIpc) is 3.32. The second-order valence-corrected chi connectivity index (χ2v) is 5.38. The molecule has 0 aliphatic heterocycles. The zero-order chi connectivity index (χ0) is 14.8. The first-order valence-electron chi connectivity index (χ1n) is 7.05. The number of nitrogens with two attached hydrogens (primary N) is 1. The maximum Gasteiger partial charge on any atom is 0.256 e. The summed E-state index contributed by atoms with van der Waals surface area (Å²) in [4.78, 5) is 14.5. The van der Waals surface area contributed by atoms with E-state index >= 15 is 0 Å². The molecule has 3 nitrogen and oxygen atoms in total. The Bertz CT molecular complexity index is 653. The Kier molecular flexibility index (Phi) is 3.60. The SMILES string of the molecule is Nc1ccc(F)cc1C(=O)N(Cc1ccccc1)C1CC1. The third kappa shape index (κ3) is 3.05.